The third kappa shape index (κ3) is 3.04. The largest absolute Gasteiger partial charge is 0.416 e. The zero-order valence-corrected chi connectivity index (χ0v) is 15.2. The minimum absolute atomic E-state index is 0.150. The Kier molecular flexibility index (Phi) is 4.28. The molecule has 2 fully saturated rings. The molecule has 2 aromatic heterocycles. The summed E-state index contributed by atoms with van der Waals surface area (Å²) in [7, 11) is 0. The zero-order valence-electron chi connectivity index (χ0n) is 15.2. The number of halogens is 3. The van der Waals surface area contributed by atoms with Crippen LogP contribution >= 0.6 is 0 Å². The second kappa shape index (κ2) is 6.70. The molecule has 0 amide bonds. The fourth-order valence-electron chi connectivity index (χ4n) is 4.24. The molecule has 0 N–H and O–H groups in total. The van der Waals surface area contributed by atoms with Gasteiger partial charge in [-0.1, -0.05) is 6.08 Å². The van der Waals surface area contributed by atoms with Crippen LogP contribution in [-0.2, 0) is 15.9 Å². The molecule has 0 bridgehead atoms. The van der Waals surface area contributed by atoms with Crippen molar-refractivity contribution in [2.45, 2.75) is 37.4 Å². The molecule has 0 aromatic carbocycles. The monoisotopic (exact) mass is 391 g/mol. The van der Waals surface area contributed by atoms with Crippen molar-refractivity contribution in [2.75, 3.05) is 26.4 Å². The number of allylic oxidation sites excluding steroid dienone is 2. The summed E-state index contributed by atoms with van der Waals surface area (Å²) in [5.41, 5.74) is 2.34. The fraction of sp³-hybridized carbons (Fsp3) is 0.500. The summed E-state index contributed by atoms with van der Waals surface area (Å²) in [6, 6.07) is 3.70. The molecule has 5 nitrogen and oxygen atoms in total. The molecular weight excluding hydrogens is 371 g/mol. The first-order valence-electron chi connectivity index (χ1n) is 9.52. The standard InChI is InChI=1S/C20H20F3N3O2/c21-20(22,23)16-1-2-17-15(16)7-13(9-24-17)18-8-19(12-3-5-27-10-12)26(25-18)14-4-6-28-11-14/h1,7-9,12,14H,2-6,10-11H2/t12-,14-/m1/s1. The van der Waals surface area contributed by atoms with Gasteiger partial charge in [0.05, 0.1) is 36.2 Å². The molecule has 148 valence electrons. The van der Waals surface area contributed by atoms with E-state index in [1.165, 1.54) is 6.08 Å². The molecule has 4 heterocycles. The third-order valence-electron chi connectivity index (χ3n) is 5.73. The molecule has 0 saturated carbocycles. The van der Waals surface area contributed by atoms with Crippen molar-refractivity contribution in [2.24, 2.45) is 0 Å². The van der Waals surface area contributed by atoms with E-state index < -0.39 is 11.7 Å². The Morgan fingerprint density at radius 3 is 2.61 bits per heavy atom. The van der Waals surface area contributed by atoms with Crippen LogP contribution in [0.4, 0.5) is 13.2 Å². The Labute approximate surface area is 160 Å². The van der Waals surface area contributed by atoms with Crippen molar-refractivity contribution in [3.63, 3.8) is 0 Å². The highest BCUT2D eigenvalue weighted by Crippen LogP contribution is 2.41. The lowest BCUT2D eigenvalue weighted by Crippen LogP contribution is -2.16. The van der Waals surface area contributed by atoms with Crippen LogP contribution in [0.2, 0.25) is 0 Å². The van der Waals surface area contributed by atoms with E-state index in [4.69, 9.17) is 14.6 Å². The van der Waals surface area contributed by atoms with Gasteiger partial charge in [-0.15, -0.1) is 0 Å². The molecule has 2 aliphatic heterocycles. The summed E-state index contributed by atoms with van der Waals surface area (Å²) in [5, 5.41) is 4.76. The predicted molar refractivity (Wildman–Crippen MR) is 95.8 cm³/mol. The van der Waals surface area contributed by atoms with Crippen molar-refractivity contribution in [3.05, 3.63) is 41.4 Å². The highest BCUT2D eigenvalue weighted by molar-refractivity contribution is 5.78. The van der Waals surface area contributed by atoms with E-state index in [-0.39, 0.29) is 23.9 Å². The lowest BCUT2D eigenvalue weighted by Gasteiger charge is -2.16. The van der Waals surface area contributed by atoms with Crippen LogP contribution in [0, 0.1) is 0 Å². The van der Waals surface area contributed by atoms with Crippen LogP contribution in [0.3, 0.4) is 0 Å². The average molecular weight is 391 g/mol. The molecule has 2 aromatic rings. The lowest BCUT2D eigenvalue weighted by molar-refractivity contribution is -0.0687. The average Bonchev–Trinajstić information content (AvgIpc) is 3.46. The first kappa shape index (κ1) is 17.9. The quantitative estimate of drug-likeness (QED) is 0.796. The SMILES string of the molecule is FC(F)(F)C1=CCc2ncc(-c3cc([C@@H]4CCOC4)n([C@@H]4CCOC4)n3)cc21. The lowest BCUT2D eigenvalue weighted by atomic mass is 10.0. The molecule has 28 heavy (non-hydrogen) atoms. The number of pyridine rings is 1. The number of fused-ring (bicyclic) bond motifs is 1. The number of aromatic nitrogens is 3. The van der Waals surface area contributed by atoms with Gasteiger partial charge in [0.25, 0.3) is 0 Å². The fourth-order valence-corrected chi connectivity index (χ4v) is 4.24. The maximum absolute atomic E-state index is 13.3. The Balaban J connectivity index is 1.55. The van der Waals surface area contributed by atoms with E-state index >= 15 is 0 Å². The predicted octanol–water partition coefficient (Wildman–Crippen LogP) is 3.91. The molecule has 0 spiro atoms. The Morgan fingerprint density at radius 2 is 1.89 bits per heavy atom. The molecule has 2 atom stereocenters. The van der Waals surface area contributed by atoms with Gasteiger partial charge < -0.3 is 9.47 Å². The van der Waals surface area contributed by atoms with Crippen LogP contribution in [0.15, 0.2) is 24.4 Å². The number of ether oxygens (including phenoxy) is 2. The first-order valence-corrected chi connectivity index (χ1v) is 9.52. The highest BCUT2D eigenvalue weighted by Gasteiger charge is 2.38. The minimum atomic E-state index is -4.38. The van der Waals surface area contributed by atoms with Crippen LogP contribution < -0.4 is 0 Å². The van der Waals surface area contributed by atoms with E-state index in [9.17, 15) is 13.2 Å². The maximum Gasteiger partial charge on any atom is 0.416 e. The summed E-state index contributed by atoms with van der Waals surface area (Å²) < 4.78 is 53.0. The van der Waals surface area contributed by atoms with Crippen LogP contribution in [0.5, 0.6) is 0 Å². The van der Waals surface area contributed by atoms with E-state index in [0.717, 1.165) is 18.5 Å². The number of rotatable bonds is 3. The molecule has 0 radical (unpaired) electrons. The minimum Gasteiger partial charge on any atom is -0.381 e. The normalized spacial score (nSPS) is 24.6. The molecule has 5 rings (SSSR count). The van der Waals surface area contributed by atoms with E-state index in [1.807, 2.05) is 10.7 Å². The number of nitrogens with zero attached hydrogens (tertiary/aromatic N) is 3. The Hall–Kier alpha value is -2.19. The molecule has 2 saturated heterocycles. The number of alkyl halides is 3. The molecule has 8 heteroatoms. The van der Waals surface area contributed by atoms with Gasteiger partial charge in [0.15, 0.2) is 0 Å². The highest BCUT2D eigenvalue weighted by atomic mass is 19.4. The van der Waals surface area contributed by atoms with E-state index in [0.29, 0.717) is 43.4 Å². The first-order chi connectivity index (χ1) is 13.5. The van der Waals surface area contributed by atoms with Gasteiger partial charge in [0, 0.05) is 48.6 Å². The van der Waals surface area contributed by atoms with Crippen LogP contribution in [0.25, 0.3) is 16.8 Å². The zero-order chi connectivity index (χ0) is 19.3. The van der Waals surface area contributed by atoms with Gasteiger partial charge in [-0.3, -0.25) is 9.67 Å². The number of hydrogen-bond donors (Lipinski definition) is 0. The second-order valence-corrected chi connectivity index (χ2v) is 7.51. The van der Waals surface area contributed by atoms with Crippen molar-refractivity contribution in [3.8, 4) is 11.3 Å². The smallest absolute Gasteiger partial charge is 0.381 e. The van der Waals surface area contributed by atoms with Gasteiger partial charge in [0.1, 0.15) is 0 Å². The summed E-state index contributed by atoms with van der Waals surface area (Å²) in [5.74, 6) is 0.245. The summed E-state index contributed by atoms with van der Waals surface area (Å²) in [6.45, 7) is 2.65. The van der Waals surface area contributed by atoms with Gasteiger partial charge in [-0.25, -0.2) is 0 Å². The Morgan fingerprint density at radius 1 is 1.07 bits per heavy atom. The van der Waals surface area contributed by atoms with E-state index in [2.05, 4.69) is 4.98 Å². The van der Waals surface area contributed by atoms with E-state index in [1.54, 1.807) is 12.3 Å². The molecule has 3 aliphatic rings. The second-order valence-electron chi connectivity index (χ2n) is 7.51. The van der Waals surface area contributed by atoms with Crippen molar-refractivity contribution >= 4 is 5.57 Å². The van der Waals surface area contributed by atoms with Gasteiger partial charge in [0.2, 0.25) is 0 Å². The molecule has 0 unspecified atom stereocenters. The van der Waals surface area contributed by atoms with Crippen molar-refractivity contribution in [1.29, 1.82) is 0 Å². The summed E-state index contributed by atoms with van der Waals surface area (Å²) in [4.78, 5) is 4.28. The number of hydrogen-bond acceptors (Lipinski definition) is 4. The van der Waals surface area contributed by atoms with Crippen molar-refractivity contribution in [1.82, 2.24) is 14.8 Å². The molecular formula is C20H20F3N3O2. The summed E-state index contributed by atoms with van der Waals surface area (Å²) >= 11 is 0. The third-order valence-corrected chi connectivity index (χ3v) is 5.73. The van der Waals surface area contributed by atoms with Crippen LogP contribution in [-0.4, -0.2) is 47.4 Å². The molecule has 1 aliphatic carbocycles. The van der Waals surface area contributed by atoms with Gasteiger partial charge in [-0.05, 0) is 25.0 Å². The van der Waals surface area contributed by atoms with Crippen LogP contribution in [0.1, 0.15) is 41.8 Å². The van der Waals surface area contributed by atoms with Gasteiger partial charge in [-0.2, -0.15) is 18.3 Å². The summed E-state index contributed by atoms with van der Waals surface area (Å²) in [6.07, 6.45) is 0.463. The topological polar surface area (TPSA) is 49.2 Å². The van der Waals surface area contributed by atoms with Crippen molar-refractivity contribution < 1.29 is 22.6 Å². The Bertz CT molecular complexity index is 890. The van der Waals surface area contributed by atoms with Gasteiger partial charge >= 0.3 is 6.18 Å². The maximum atomic E-state index is 13.3.